The Balaban J connectivity index is 0.000000188. The Kier molecular flexibility index (Phi) is 12.5. The molecule has 2 amide bonds. The molecule has 5 heterocycles. The maximum Gasteiger partial charge on any atom is 0.435 e. The predicted molar refractivity (Wildman–Crippen MR) is 249 cm³/mol. The molecule has 0 aliphatic heterocycles. The SMILES string of the molecule is Cc1cc(-c2cnc3c(NCC(C)(C)O)cc(-c4cc(C(F)(F)F)nn4C)nn23)ccc1C(=O)NC1CC1.Cc1cc(-c2cnc3c(NCC(C)(C)O)cc(Cl)nn23)ccc1C(=O)NC1CC1. The molecule has 0 unspecified atom stereocenters. The summed E-state index contributed by atoms with van der Waals surface area (Å²) in [6.07, 6.45) is 2.83. The van der Waals surface area contributed by atoms with E-state index in [1.807, 2.05) is 38.1 Å². The van der Waals surface area contributed by atoms with E-state index in [1.54, 1.807) is 73.4 Å². The van der Waals surface area contributed by atoms with E-state index in [9.17, 15) is 33.0 Å². The number of anilines is 2. The van der Waals surface area contributed by atoms with E-state index < -0.39 is 23.1 Å². The molecule has 0 spiro atoms. The number of aromatic nitrogens is 8. The molecular weight excluding hydrogens is 889 g/mol. The largest absolute Gasteiger partial charge is 0.435 e. The molecule has 2 aromatic carbocycles. The Bertz CT molecular complexity index is 3010. The van der Waals surface area contributed by atoms with Crippen molar-refractivity contribution in [3.63, 3.8) is 0 Å². The van der Waals surface area contributed by atoms with Gasteiger partial charge in [0.2, 0.25) is 0 Å². The Morgan fingerprint density at radius 1 is 0.687 bits per heavy atom. The van der Waals surface area contributed by atoms with Crippen LogP contribution in [0.2, 0.25) is 5.15 Å². The number of carbonyl (C=O) groups is 2. The van der Waals surface area contributed by atoms with Crippen molar-refractivity contribution in [1.29, 1.82) is 0 Å². The van der Waals surface area contributed by atoms with Crippen LogP contribution in [0.1, 0.15) is 90.9 Å². The van der Waals surface area contributed by atoms with Crippen LogP contribution in [-0.4, -0.2) is 97.4 Å². The molecule has 0 atom stereocenters. The summed E-state index contributed by atoms with van der Waals surface area (Å²) in [5.41, 5.74) is 5.54. The van der Waals surface area contributed by atoms with E-state index in [2.05, 4.69) is 46.5 Å². The summed E-state index contributed by atoms with van der Waals surface area (Å²) in [5, 5.41) is 45.5. The van der Waals surface area contributed by atoms with Crippen molar-refractivity contribution in [2.24, 2.45) is 7.05 Å². The van der Waals surface area contributed by atoms with Gasteiger partial charge in [0.25, 0.3) is 11.8 Å². The van der Waals surface area contributed by atoms with Crippen LogP contribution in [0.5, 0.6) is 0 Å². The van der Waals surface area contributed by atoms with Gasteiger partial charge in [-0.25, -0.2) is 19.0 Å². The molecule has 6 N–H and O–H groups in total. The van der Waals surface area contributed by atoms with Crippen LogP contribution in [0.3, 0.4) is 0 Å². The Morgan fingerprint density at radius 3 is 1.57 bits per heavy atom. The van der Waals surface area contributed by atoms with Crippen LogP contribution in [-0.2, 0) is 13.2 Å². The van der Waals surface area contributed by atoms with Crippen LogP contribution < -0.4 is 21.3 Å². The van der Waals surface area contributed by atoms with Gasteiger partial charge >= 0.3 is 6.18 Å². The van der Waals surface area contributed by atoms with Crippen molar-refractivity contribution in [1.82, 2.24) is 49.6 Å². The molecule has 2 fully saturated rings. The fourth-order valence-corrected chi connectivity index (χ4v) is 7.48. The maximum atomic E-state index is 13.3. The van der Waals surface area contributed by atoms with Crippen LogP contribution in [0, 0.1) is 13.8 Å². The lowest BCUT2D eigenvalue weighted by atomic mass is 10.0. The van der Waals surface area contributed by atoms with Crippen molar-refractivity contribution in [2.75, 3.05) is 23.7 Å². The highest BCUT2D eigenvalue weighted by Crippen LogP contribution is 2.34. The van der Waals surface area contributed by atoms with Gasteiger partial charge in [-0.05, 0) is 115 Å². The predicted octanol–water partition coefficient (Wildman–Crippen LogP) is 7.63. The first-order valence-corrected chi connectivity index (χ1v) is 22.2. The lowest BCUT2D eigenvalue weighted by molar-refractivity contribution is -0.141. The molecule has 0 saturated heterocycles. The monoisotopic (exact) mass is 940 g/mol. The minimum absolute atomic E-state index is 0.0334. The zero-order chi connectivity index (χ0) is 48.2. The Hall–Kier alpha value is -6.57. The third kappa shape index (κ3) is 11.0. The van der Waals surface area contributed by atoms with Crippen LogP contribution in [0.15, 0.2) is 67.0 Å². The number of imidazole rings is 2. The molecule has 2 aliphatic rings. The highest BCUT2D eigenvalue weighted by atomic mass is 35.5. The number of carbonyl (C=O) groups excluding carboxylic acids is 2. The van der Waals surface area contributed by atoms with Gasteiger partial charge in [0, 0.05) is 60.5 Å². The number of rotatable bonds is 13. The molecule has 67 heavy (non-hydrogen) atoms. The first kappa shape index (κ1) is 46.9. The standard InChI is InChI=1S/C26H28F3N7O2.C21H24ClN5O2/c1-14-9-15(5-8-17(14)24(37)32-16-6-7-16)21-12-30-23-19(31-13-25(2,3)38)10-18(33-36(21)23)20-11-22(26(27,28)29)34-35(20)4;1-12-8-13(4-7-15(12)20(28)25-14-5-6-14)17-10-23-19-16(24-11-21(2,3)29)9-18(22)26-27(17)19/h5,8-12,16,31,38H,6-7,13H2,1-4H3,(H,32,37);4,7-10,14,24,29H,5-6,11H2,1-3H3,(H,25,28). The summed E-state index contributed by atoms with van der Waals surface area (Å²) in [7, 11) is 1.42. The molecule has 16 nitrogen and oxygen atoms in total. The summed E-state index contributed by atoms with van der Waals surface area (Å²) >= 11 is 6.23. The second kappa shape index (κ2) is 17.9. The van der Waals surface area contributed by atoms with Crippen molar-refractivity contribution < 1.29 is 33.0 Å². The molecule has 352 valence electrons. The molecule has 7 aromatic rings. The first-order valence-electron chi connectivity index (χ1n) is 21.8. The second-order valence-corrected chi connectivity index (χ2v) is 18.9. The fourth-order valence-electron chi connectivity index (χ4n) is 7.29. The number of hydrogen-bond donors (Lipinski definition) is 6. The molecule has 9 rings (SSSR count). The minimum atomic E-state index is -4.60. The van der Waals surface area contributed by atoms with E-state index in [4.69, 9.17) is 11.6 Å². The van der Waals surface area contributed by atoms with Gasteiger partial charge in [-0.1, -0.05) is 23.7 Å². The molecule has 0 bridgehead atoms. The molecule has 0 radical (unpaired) electrons. The quantitative estimate of drug-likeness (QED) is 0.0664. The average molecular weight is 941 g/mol. The third-order valence-electron chi connectivity index (χ3n) is 11.1. The van der Waals surface area contributed by atoms with Crippen molar-refractivity contribution in [3.8, 4) is 33.9 Å². The zero-order valence-corrected chi connectivity index (χ0v) is 38.8. The van der Waals surface area contributed by atoms with Crippen LogP contribution >= 0.6 is 11.6 Å². The van der Waals surface area contributed by atoms with Crippen LogP contribution in [0.25, 0.3) is 45.2 Å². The lowest BCUT2D eigenvalue weighted by Crippen LogP contribution is -2.29. The summed E-state index contributed by atoms with van der Waals surface area (Å²) < 4.78 is 44.4. The van der Waals surface area contributed by atoms with Gasteiger partial charge < -0.3 is 31.5 Å². The van der Waals surface area contributed by atoms with Crippen LogP contribution in [0.4, 0.5) is 24.5 Å². The van der Waals surface area contributed by atoms with E-state index in [0.717, 1.165) is 64.4 Å². The number of amides is 2. The van der Waals surface area contributed by atoms with Gasteiger partial charge in [-0.2, -0.15) is 28.5 Å². The number of nitrogens with zero attached hydrogens (tertiary/aromatic N) is 8. The number of alkyl halides is 3. The number of aliphatic hydroxyl groups is 2. The highest BCUT2D eigenvalue weighted by Gasteiger charge is 2.35. The Morgan fingerprint density at radius 2 is 1.15 bits per heavy atom. The van der Waals surface area contributed by atoms with E-state index >= 15 is 0 Å². The number of hydrogen-bond acceptors (Lipinski definition) is 11. The summed E-state index contributed by atoms with van der Waals surface area (Å²) in [4.78, 5) is 33.9. The molecule has 2 aliphatic carbocycles. The van der Waals surface area contributed by atoms with E-state index in [0.29, 0.717) is 57.2 Å². The van der Waals surface area contributed by atoms with Gasteiger partial charge in [0.15, 0.2) is 22.1 Å². The lowest BCUT2D eigenvalue weighted by Gasteiger charge is -2.19. The highest BCUT2D eigenvalue weighted by molar-refractivity contribution is 6.29. The number of aryl methyl sites for hydroxylation is 3. The maximum absolute atomic E-state index is 13.3. The van der Waals surface area contributed by atoms with Crippen molar-refractivity contribution >= 4 is 46.1 Å². The van der Waals surface area contributed by atoms with Crippen molar-refractivity contribution in [2.45, 2.75) is 96.7 Å². The molecule has 2 saturated carbocycles. The second-order valence-electron chi connectivity index (χ2n) is 18.5. The number of benzene rings is 2. The smallest absolute Gasteiger partial charge is 0.389 e. The van der Waals surface area contributed by atoms with Gasteiger partial charge in [0.05, 0.1) is 52.1 Å². The third-order valence-corrected chi connectivity index (χ3v) is 11.3. The number of nitrogens with one attached hydrogen (secondary N) is 4. The summed E-state index contributed by atoms with van der Waals surface area (Å²) in [6.45, 7) is 11.0. The average Bonchev–Trinajstić information content (AvgIpc) is 4.10. The van der Waals surface area contributed by atoms with Gasteiger partial charge in [-0.3, -0.25) is 14.3 Å². The minimum Gasteiger partial charge on any atom is -0.389 e. The number of halogens is 4. The van der Waals surface area contributed by atoms with Gasteiger partial charge in [0.1, 0.15) is 5.69 Å². The van der Waals surface area contributed by atoms with E-state index in [1.165, 1.54) is 7.05 Å². The van der Waals surface area contributed by atoms with Crippen molar-refractivity contribution in [3.05, 3.63) is 100 Å². The first-order chi connectivity index (χ1) is 31.5. The fraction of sp³-hybridized carbons (Fsp3) is 0.383. The summed E-state index contributed by atoms with van der Waals surface area (Å²) in [5.74, 6) is -0.154. The number of fused-ring (bicyclic) bond motifs is 2. The topological polar surface area (TPSA) is 201 Å². The van der Waals surface area contributed by atoms with E-state index in [-0.39, 0.29) is 35.8 Å². The Labute approximate surface area is 389 Å². The summed E-state index contributed by atoms with van der Waals surface area (Å²) in [6, 6.07) is 15.9. The van der Waals surface area contributed by atoms with Gasteiger partial charge in [-0.15, -0.1) is 0 Å². The molecule has 20 heteroatoms. The molecular formula is C47H52ClF3N12O4. The normalized spacial score (nSPS) is 14.2. The zero-order valence-electron chi connectivity index (χ0n) is 38.0. The molecule has 5 aromatic heterocycles.